The van der Waals surface area contributed by atoms with Gasteiger partial charge in [0, 0.05) is 31.7 Å². The predicted molar refractivity (Wildman–Crippen MR) is 153 cm³/mol. The Balaban J connectivity index is 2.02. The van der Waals surface area contributed by atoms with Crippen molar-refractivity contribution in [1.29, 1.82) is 5.41 Å². The molecule has 0 aliphatic carbocycles. The van der Waals surface area contributed by atoms with Crippen LogP contribution in [0.25, 0.3) is 0 Å². The third kappa shape index (κ3) is 6.03. The number of benzene rings is 2. The quantitative estimate of drug-likeness (QED) is 0.139. The number of amides is 2. The van der Waals surface area contributed by atoms with Gasteiger partial charge < -0.3 is 40.6 Å². The van der Waals surface area contributed by atoms with Gasteiger partial charge in [0.15, 0.2) is 10.9 Å². The zero-order valence-electron chi connectivity index (χ0n) is 23.1. The van der Waals surface area contributed by atoms with Crippen LogP contribution in [0.1, 0.15) is 24.5 Å². The van der Waals surface area contributed by atoms with E-state index in [2.05, 4.69) is 10.6 Å². The van der Waals surface area contributed by atoms with E-state index in [9.17, 15) is 24.0 Å². The minimum absolute atomic E-state index is 0.0211. The van der Waals surface area contributed by atoms with Gasteiger partial charge in [0.1, 0.15) is 29.5 Å². The summed E-state index contributed by atoms with van der Waals surface area (Å²) >= 11 is -1.41. The molecule has 0 saturated carbocycles. The van der Waals surface area contributed by atoms with E-state index in [1.165, 1.54) is 16.1 Å². The van der Waals surface area contributed by atoms with Crippen LogP contribution in [0.2, 0.25) is 0 Å². The lowest BCUT2D eigenvalue weighted by atomic mass is 9.73. The molecular weight excluding hydrogens is 548 g/mol. The monoisotopic (exact) mass is 584 g/mol. The Labute approximate surface area is 241 Å². The highest BCUT2D eigenvalue weighted by molar-refractivity contribution is 7.90. The van der Waals surface area contributed by atoms with Crippen molar-refractivity contribution in [3.05, 3.63) is 59.7 Å². The van der Waals surface area contributed by atoms with Gasteiger partial charge in [-0.1, -0.05) is 19.1 Å². The van der Waals surface area contributed by atoms with Gasteiger partial charge in [-0.25, -0.2) is 4.79 Å². The maximum Gasteiger partial charge on any atom is 0.329 e. The highest BCUT2D eigenvalue weighted by Crippen LogP contribution is 2.43. The maximum absolute atomic E-state index is 13.7. The lowest BCUT2D eigenvalue weighted by Crippen LogP contribution is -2.74. The minimum Gasteiger partial charge on any atom is -0.612 e. The van der Waals surface area contributed by atoms with Crippen LogP contribution in [0.4, 0.5) is 0 Å². The third-order valence-electron chi connectivity index (χ3n) is 7.56. The smallest absolute Gasteiger partial charge is 0.329 e. The van der Waals surface area contributed by atoms with E-state index >= 15 is 0 Å². The van der Waals surface area contributed by atoms with Crippen LogP contribution in [0.3, 0.4) is 0 Å². The molecule has 2 aromatic carbocycles. The Bertz CT molecular complexity index is 1290. The van der Waals surface area contributed by atoms with Gasteiger partial charge in [-0.05, 0) is 59.6 Å². The first-order valence-corrected chi connectivity index (χ1v) is 15.0. The van der Waals surface area contributed by atoms with Crippen LogP contribution in [0.5, 0.6) is 5.75 Å². The van der Waals surface area contributed by atoms with Gasteiger partial charge in [-0.3, -0.25) is 15.0 Å². The van der Waals surface area contributed by atoms with E-state index in [0.29, 0.717) is 34.9 Å². The van der Waals surface area contributed by atoms with Crippen LogP contribution in [0.15, 0.2) is 53.4 Å². The predicted octanol–water partition coefficient (Wildman–Crippen LogP) is 0.0778. The highest BCUT2D eigenvalue weighted by atomic mass is 32.2. The number of rotatable bonds is 11. The van der Waals surface area contributed by atoms with Crippen LogP contribution < -0.4 is 21.1 Å². The molecule has 13 heteroatoms. The number of nitrogens with two attached hydrogens (primary N) is 1. The topological polar surface area (TPSA) is 184 Å². The number of carbonyl (C=O) groups excluding carboxylic acids is 2. The second-order valence-electron chi connectivity index (χ2n) is 9.99. The molecule has 2 aliphatic rings. The Hall–Kier alpha value is -3.65. The van der Waals surface area contributed by atoms with Gasteiger partial charge >= 0.3 is 5.97 Å². The van der Waals surface area contributed by atoms with E-state index in [1.807, 2.05) is 6.92 Å². The maximum atomic E-state index is 13.7. The third-order valence-corrected chi connectivity index (χ3v) is 8.48. The van der Waals surface area contributed by atoms with Gasteiger partial charge in [0.05, 0.1) is 13.1 Å². The molecule has 0 spiro atoms. The van der Waals surface area contributed by atoms with E-state index < -0.39 is 40.7 Å². The van der Waals surface area contributed by atoms with Crippen molar-refractivity contribution in [2.45, 2.75) is 35.9 Å². The molecule has 4 unspecified atom stereocenters. The van der Waals surface area contributed by atoms with Crippen molar-refractivity contribution < 1.29 is 28.8 Å². The fraction of sp³-hybridized carbons (Fsp3) is 0.429. The number of hydrogen-bond acceptors (Lipinski definition) is 8. The van der Waals surface area contributed by atoms with E-state index in [4.69, 9.17) is 15.9 Å². The second-order valence-corrected chi connectivity index (χ2v) is 11.4. The fourth-order valence-corrected chi connectivity index (χ4v) is 6.30. The summed E-state index contributed by atoms with van der Waals surface area (Å²) < 4.78 is 19.2. The molecule has 12 nitrogen and oxygen atoms in total. The number of carboxylic acid groups (broad SMARTS) is 1. The van der Waals surface area contributed by atoms with Gasteiger partial charge in [0.25, 0.3) is 0 Å². The highest BCUT2D eigenvalue weighted by Gasteiger charge is 2.60. The summed E-state index contributed by atoms with van der Waals surface area (Å²) in [6, 6.07) is 11.7. The molecule has 220 valence electrons. The summed E-state index contributed by atoms with van der Waals surface area (Å²) in [6.07, 6.45) is 0.821. The normalized spacial score (nSPS) is 19.7. The number of ether oxygens (including phenoxy) is 1. The lowest BCUT2D eigenvalue weighted by molar-refractivity contribution is -0.173. The first-order chi connectivity index (χ1) is 19.6. The summed E-state index contributed by atoms with van der Waals surface area (Å²) in [4.78, 5) is 43.7. The van der Waals surface area contributed by atoms with Crippen molar-refractivity contribution >= 4 is 34.8 Å². The number of carboxylic acids is 1. The van der Waals surface area contributed by atoms with Crippen LogP contribution in [0, 0.1) is 5.41 Å². The number of aliphatic carboxylic acids is 1. The number of carbonyl (C=O) groups is 3. The number of piperazine rings is 2. The Morgan fingerprint density at radius 1 is 1.15 bits per heavy atom. The van der Waals surface area contributed by atoms with E-state index in [-0.39, 0.29) is 44.3 Å². The van der Waals surface area contributed by atoms with E-state index in [1.54, 1.807) is 48.5 Å². The van der Waals surface area contributed by atoms with Gasteiger partial charge in [-0.15, -0.1) is 0 Å². The fourth-order valence-electron chi connectivity index (χ4n) is 5.73. The molecule has 0 radical (unpaired) electrons. The minimum atomic E-state index is -1.71. The van der Waals surface area contributed by atoms with Crippen LogP contribution in [-0.4, -0.2) is 101 Å². The summed E-state index contributed by atoms with van der Waals surface area (Å²) in [5.41, 5.74) is 4.81. The van der Waals surface area contributed by atoms with Crippen molar-refractivity contribution in [1.82, 2.24) is 20.4 Å². The Kier molecular flexibility index (Phi) is 9.53. The first kappa shape index (κ1) is 30.3. The average molecular weight is 585 g/mol. The molecule has 41 heavy (non-hydrogen) atoms. The zero-order chi connectivity index (χ0) is 29.7. The molecular formula is C28H36N6O6S. The van der Waals surface area contributed by atoms with Crippen molar-refractivity contribution in [3.63, 3.8) is 0 Å². The molecule has 2 fully saturated rings. The molecule has 2 heterocycles. The standard InChI is InChI=1S/C28H36N6O6S/c1-3-22(40-20-9-7-18(8-10-20)26(29)30)28(34-14-12-32-17-24(34)36,19-5-4-6-21(15-19)41(2)39)25(27(37)38)33-13-11-31-16-23(33)35/h4-10,15,22,25,31-32H,3,11-14,16-17H2,1-2H3,(H3,29,30)(H,37,38). The number of nitrogens with one attached hydrogen (secondary N) is 3. The average Bonchev–Trinajstić information content (AvgIpc) is 2.96. The molecule has 2 aliphatic heterocycles. The summed E-state index contributed by atoms with van der Waals surface area (Å²) in [5.74, 6) is -1.78. The molecule has 0 bridgehead atoms. The molecule has 4 atom stereocenters. The molecule has 2 saturated heterocycles. The second kappa shape index (κ2) is 12.9. The van der Waals surface area contributed by atoms with E-state index in [0.717, 1.165) is 0 Å². The zero-order valence-corrected chi connectivity index (χ0v) is 23.9. The van der Waals surface area contributed by atoms with Crippen LogP contribution in [-0.2, 0) is 31.1 Å². The number of hydrogen-bond donors (Lipinski definition) is 5. The number of amidine groups is 1. The Morgan fingerprint density at radius 3 is 2.37 bits per heavy atom. The van der Waals surface area contributed by atoms with Crippen molar-refractivity contribution in [2.24, 2.45) is 5.73 Å². The largest absolute Gasteiger partial charge is 0.612 e. The Morgan fingerprint density at radius 2 is 1.80 bits per heavy atom. The number of nitrogen functional groups attached to an aromatic ring is 1. The van der Waals surface area contributed by atoms with Gasteiger partial charge in [0.2, 0.25) is 11.8 Å². The van der Waals surface area contributed by atoms with Crippen molar-refractivity contribution in [2.75, 3.05) is 45.5 Å². The SMILES string of the molecule is CCC(Oc1ccc(C(=N)N)cc1)C(c1cccc([S+](C)[O-])c1)(C(C(=O)O)N1CCNCC1=O)N1CCNCC1=O. The summed E-state index contributed by atoms with van der Waals surface area (Å²) in [7, 11) is 0. The molecule has 6 N–H and O–H groups in total. The summed E-state index contributed by atoms with van der Waals surface area (Å²) in [6.45, 7) is 2.82. The molecule has 2 aromatic rings. The molecule has 4 rings (SSSR count). The molecule has 2 amide bonds. The van der Waals surface area contributed by atoms with Crippen LogP contribution >= 0.6 is 0 Å². The van der Waals surface area contributed by atoms with Crippen molar-refractivity contribution in [3.8, 4) is 5.75 Å². The van der Waals surface area contributed by atoms with Gasteiger partial charge in [-0.2, -0.15) is 0 Å². The lowest BCUT2D eigenvalue weighted by Gasteiger charge is -2.55. The summed E-state index contributed by atoms with van der Waals surface area (Å²) in [5, 5.41) is 24.7. The molecule has 0 aromatic heterocycles. The number of nitrogens with zero attached hydrogens (tertiary/aromatic N) is 2. The first-order valence-electron chi connectivity index (χ1n) is 13.4.